The van der Waals surface area contributed by atoms with E-state index < -0.39 is 35.6 Å². The molecule has 3 aromatic carbocycles. The number of amides is 2. The Morgan fingerprint density at radius 1 is 0.881 bits per heavy atom. The highest BCUT2D eigenvalue weighted by molar-refractivity contribution is 5.99. The summed E-state index contributed by atoms with van der Waals surface area (Å²) in [6.45, 7) is 5.09. The molecule has 0 aromatic heterocycles. The Kier molecular flexibility index (Phi) is 12.1. The Balaban J connectivity index is 1.73. The SMILES string of the molecule is CCCN(CCC)C(=O)c1cccc(C(=O)N[C@@H](Cc2ccccc2)[C@H](O)CNCc2ccc(F)c(C(F)(F)F)c2)c1. The Morgan fingerprint density at radius 2 is 1.55 bits per heavy atom. The molecule has 0 aliphatic heterocycles. The molecule has 226 valence electrons. The van der Waals surface area contributed by atoms with Crippen molar-refractivity contribution in [2.24, 2.45) is 0 Å². The molecule has 0 bridgehead atoms. The van der Waals surface area contributed by atoms with Crippen LogP contribution in [-0.4, -0.2) is 53.6 Å². The number of nitrogens with zero attached hydrogens (tertiary/aromatic N) is 1. The maximum absolute atomic E-state index is 13.6. The summed E-state index contributed by atoms with van der Waals surface area (Å²) in [4.78, 5) is 28.1. The molecule has 10 heteroatoms. The van der Waals surface area contributed by atoms with Crippen LogP contribution in [0.5, 0.6) is 0 Å². The molecule has 3 N–H and O–H groups in total. The van der Waals surface area contributed by atoms with E-state index in [2.05, 4.69) is 10.6 Å². The van der Waals surface area contributed by atoms with E-state index in [9.17, 15) is 32.3 Å². The van der Waals surface area contributed by atoms with Gasteiger partial charge in [-0.25, -0.2) is 4.39 Å². The topological polar surface area (TPSA) is 81.7 Å². The van der Waals surface area contributed by atoms with Gasteiger partial charge < -0.3 is 20.6 Å². The second-order valence-electron chi connectivity index (χ2n) is 10.2. The Hall–Kier alpha value is -3.76. The van der Waals surface area contributed by atoms with Gasteiger partial charge in [-0.2, -0.15) is 13.2 Å². The van der Waals surface area contributed by atoms with Crippen molar-refractivity contribution in [2.75, 3.05) is 19.6 Å². The number of alkyl halides is 3. The molecule has 0 aliphatic carbocycles. The molecular formula is C32H37F4N3O3. The standard InChI is InChI=1S/C32H37F4N3O3/c1-3-15-39(16-4-2)31(42)25-12-8-11-24(19-25)30(41)38-28(18-22-9-6-5-7-10-22)29(40)21-37-20-23-13-14-27(33)26(17-23)32(34,35)36/h5-14,17,19,28-29,37,40H,3-4,15-16,18,20-21H2,1-2H3,(H,38,41)/t28-,29+/m0/s1. The van der Waals surface area contributed by atoms with Crippen LogP contribution in [0.4, 0.5) is 17.6 Å². The van der Waals surface area contributed by atoms with Gasteiger partial charge in [0.25, 0.3) is 11.8 Å². The third-order valence-corrected chi connectivity index (χ3v) is 6.74. The van der Waals surface area contributed by atoms with E-state index in [1.165, 1.54) is 12.1 Å². The maximum Gasteiger partial charge on any atom is 0.419 e. The van der Waals surface area contributed by atoms with Crippen molar-refractivity contribution in [2.45, 2.75) is 58.0 Å². The average Bonchev–Trinajstić information content (AvgIpc) is 2.97. The van der Waals surface area contributed by atoms with Crippen molar-refractivity contribution < 1.29 is 32.3 Å². The summed E-state index contributed by atoms with van der Waals surface area (Å²) in [6.07, 6.45) is -4.04. The van der Waals surface area contributed by atoms with E-state index in [4.69, 9.17) is 0 Å². The Morgan fingerprint density at radius 3 is 2.19 bits per heavy atom. The van der Waals surface area contributed by atoms with Crippen LogP contribution in [0.15, 0.2) is 72.8 Å². The minimum Gasteiger partial charge on any atom is -0.390 e. The number of aliphatic hydroxyl groups excluding tert-OH is 1. The molecule has 0 fully saturated rings. The molecule has 0 heterocycles. The molecule has 0 spiro atoms. The number of rotatable bonds is 14. The lowest BCUT2D eigenvalue weighted by molar-refractivity contribution is -0.140. The fraction of sp³-hybridized carbons (Fsp3) is 0.375. The van der Waals surface area contributed by atoms with E-state index >= 15 is 0 Å². The molecule has 0 aliphatic rings. The summed E-state index contributed by atoms with van der Waals surface area (Å²) in [7, 11) is 0. The van der Waals surface area contributed by atoms with Gasteiger partial charge >= 0.3 is 6.18 Å². The minimum absolute atomic E-state index is 0.0530. The molecule has 3 aromatic rings. The third-order valence-electron chi connectivity index (χ3n) is 6.74. The van der Waals surface area contributed by atoms with Crippen LogP contribution in [0.1, 0.15) is 64.1 Å². The zero-order chi connectivity index (χ0) is 30.7. The van der Waals surface area contributed by atoms with E-state index in [1.54, 1.807) is 23.1 Å². The van der Waals surface area contributed by atoms with Crippen LogP contribution < -0.4 is 10.6 Å². The second kappa shape index (κ2) is 15.5. The second-order valence-corrected chi connectivity index (χ2v) is 10.2. The molecule has 0 saturated carbocycles. The van der Waals surface area contributed by atoms with Gasteiger partial charge in [0.2, 0.25) is 0 Å². The molecule has 42 heavy (non-hydrogen) atoms. The van der Waals surface area contributed by atoms with Crippen LogP contribution in [-0.2, 0) is 19.1 Å². The molecule has 3 rings (SSSR count). The van der Waals surface area contributed by atoms with Gasteiger partial charge in [0.1, 0.15) is 5.82 Å². The van der Waals surface area contributed by atoms with Crippen LogP contribution in [0, 0.1) is 5.82 Å². The highest BCUT2D eigenvalue weighted by Crippen LogP contribution is 2.31. The van der Waals surface area contributed by atoms with Crippen LogP contribution in [0.2, 0.25) is 0 Å². The van der Waals surface area contributed by atoms with Crippen molar-refractivity contribution >= 4 is 11.8 Å². The van der Waals surface area contributed by atoms with Gasteiger partial charge in [0.05, 0.1) is 17.7 Å². The summed E-state index contributed by atoms with van der Waals surface area (Å²) in [5.41, 5.74) is 0.349. The van der Waals surface area contributed by atoms with Gasteiger partial charge in [-0.05, 0) is 60.7 Å². The van der Waals surface area contributed by atoms with Gasteiger partial charge in [-0.15, -0.1) is 0 Å². The number of nitrogens with one attached hydrogen (secondary N) is 2. The molecule has 6 nitrogen and oxygen atoms in total. The first-order chi connectivity index (χ1) is 20.0. The Bertz CT molecular complexity index is 1310. The molecule has 0 saturated heterocycles. The molecule has 0 unspecified atom stereocenters. The maximum atomic E-state index is 13.6. The Labute approximate surface area is 243 Å². The van der Waals surface area contributed by atoms with E-state index in [-0.39, 0.29) is 36.5 Å². The number of hydrogen-bond acceptors (Lipinski definition) is 4. The summed E-state index contributed by atoms with van der Waals surface area (Å²) in [5.74, 6) is -1.99. The first-order valence-corrected chi connectivity index (χ1v) is 14.0. The first kappa shape index (κ1) is 32.8. The van der Waals surface area contributed by atoms with Gasteiger partial charge in [-0.1, -0.05) is 56.3 Å². The smallest absolute Gasteiger partial charge is 0.390 e. The lowest BCUT2D eigenvalue weighted by atomic mass is 10.00. The fourth-order valence-electron chi connectivity index (χ4n) is 4.64. The van der Waals surface area contributed by atoms with E-state index in [0.717, 1.165) is 30.5 Å². The van der Waals surface area contributed by atoms with Gasteiger partial charge in [-0.3, -0.25) is 9.59 Å². The zero-order valence-electron chi connectivity index (χ0n) is 23.8. The van der Waals surface area contributed by atoms with E-state index in [1.807, 2.05) is 44.2 Å². The van der Waals surface area contributed by atoms with Crippen LogP contribution in [0.25, 0.3) is 0 Å². The zero-order valence-corrected chi connectivity index (χ0v) is 23.8. The highest BCUT2D eigenvalue weighted by atomic mass is 19.4. The molecule has 2 atom stereocenters. The summed E-state index contributed by atoms with van der Waals surface area (Å²) < 4.78 is 52.8. The van der Waals surface area contributed by atoms with Crippen molar-refractivity contribution in [3.8, 4) is 0 Å². The number of carbonyl (C=O) groups is 2. The first-order valence-electron chi connectivity index (χ1n) is 14.0. The minimum atomic E-state index is -4.82. The predicted molar refractivity (Wildman–Crippen MR) is 153 cm³/mol. The summed E-state index contributed by atoms with van der Waals surface area (Å²) in [5, 5.41) is 16.8. The number of benzene rings is 3. The summed E-state index contributed by atoms with van der Waals surface area (Å²) >= 11 is 0. The van der Waals surface area contributed by atoms with Crippen LogP contribution in [0.3, 0.4) is 0 Å². The number of halogens is 4. The van der Waals surface area contributed by atoms with Crippen molar-refractivity contribution in [3.05, 3.63) is 106 Å². The largest absolute Gasteiger partial charge is 0.419 e. The normalized spacial score (nSPS) is 12.9. The quantitative estimate of drug-likeness (QED) is 0.215. The fourth-order valence-corrected chi connectivity index (χ4v) is 4.64. The van der Waals surface area contributed by atoms with Gasteiger partial charge in [0, 0.05) is 37.3 Å². The predicted octanol–water partition coefficient (Wildman–Crippen LogP) is 5.60. The molecular weight excluding hydrogens is 550 g/mol. The summed E-state index contributed by atoms with van der Waals surface area (Å²) in [6, 6.07) is 17.6. The van der Waals surface area contributed by atoms with Gasteiger partial charge in [0.15, 0.2) is 0 Å². The molecule has 2 amide bonds. The number of aliphatic hydroxyl groups is 1. The number of carbonyl (C=O) groups excluding carboxylic acids is 2. The monoisotopic (exact) mass is 587 g/mol. The average molecular weight is 588 g/mol. The van der Waals surface area contributed by atoms with Crippen molar-refractivity contribution in [1.82, 2.24) is 15.5 Å². The lowest BCUT2D eigenvalue weighted by Gasteiger charge is -2.25. The van der Waals surface area contributed by atoms with Crippen molar-refractivity contribution in [1.29, 1.82) is 0 Å². The lowest BCUT2D eigenvalue weighted by Crippen LogP contribution is -2.48. The molecule has 0 radical (unpaired) electrons. The van der Waals surface area contributed by atoms with E-state index in [0.29, 0.717) is 18.7 Å². The third kappa shape index (κ3) is 9.39. The highest BCUT2D eigenvalue weighted by Gasteiger charge is 2.34. The number of hydrogen-bond donors (Lipinski definition) is 3. The van der Waals surface area contributed by atoms with Crippen molar-refractivity contribution in [3.63, 3.8) is 0 Å². The van der Waals surface area contributed by atoms with Crippen LogP contribution >= 0.6 is 0 Å².